The number of alkyl halides is 1. The molecule has 1 aliphatic heterocycles. The Morgan fingerprint density at radius 3 is 2.59 bits per heavy atom. The quantitative estimate of drug-likeness (QED) is 0.331. The van der Waals surface area contributed by atoms with Crippen LogP contribution in [0.4, 0.5) is 0 Å². The highest BCUT2D eigenvalue weighted by Crippen LogP contribution is 2.17. The summed E-state index contributed by atoms with van der Waals surface area (Å²) in [7, 11) is 0. The van der Waals surface area contributed by atoms with Gasteiger partial charge in [0.15, 0.2) is 6.29 Å². The third kappa shape index (κ3) is 6.80. The van der Waals surface area contributed by atoms with Crippen molar-refractivity contribution in [3.05, 3.63) is 12.7 Å². The lowest BCUT2D eigenvalue weighted by Gasteiger charge is -2.31. The number of carbonyl (C=O) groups excluding carboxylic acids is 1. The summed E-state index contributed by atoms with van der Waals surface area (Å²) < 4.78 is 11.5. The summed E-state index contributed by atoms with van der Waals surface area (Å²) in [6.07, 6.45) is 6.21. The van der Waals surface area contributed by atoms with Crippen molar-refractivity contribution in [3.8, 4) is 0 Å². The summed E-state index contributed by atoms with van der Waals surface area (Å²) in [6.45, 7) is 10.9. The smallest absolute Gasteiger partial charge is 0.236 e. The topological polar surface area (TPSA) is 38.8 Å². The SMILES string of the molecule is C=CCCCN(CCC1OCC(CC)CO1)C(=O)C(Br)CC. The van der Waals surface area contributed by atoms with Crippen molar-refractivity contribution in [2.24, 2.45) is 5.92 Å². The van der Waals surface area contributed by atoms with Crippen LogP contribution in [0, 0.1) is 5.92 Å². The molecular formula is C17H30BrNO3. The average molecular weight is 376 g/mol. The standard InChI is InChI=1S/C17H30BrNO3/c1-4-7-8-10-19(17(20)15(18)6-3)11-9-16-21-12-14(5-2)13-22-16/h4,14-16H,1,5-13H2,2-3H3. The Morgan fingerprint density at radius 2 is 2.05 bits per heavy atom. The van der Waals surface area contributed by atoms with E-state index in [0.29, 0.717) is 12.5 Å². The highest BCUT2D eigenvalue weighted by atomic mass is 79.9. The van der Waals surface area contributed by atoms with Crippen molar-refractivity contribution in [1.82, 2.24) is 4.90 Å². The van der Waals surface area contributed by atoms with Crippen LogP contribution in [0.15, 0.2) is 12.7 Å². The molecule has 1 rings (SSSR count). The third-order valence-corrected chi connectivity index (χ3v) is 5.06. The molecule has 22 heavy (non-hydrogen) atoms. The van der Waals surface area contributed by atoms with Crippen LogP contribution in [0.5, 0.6) is 0 Å². The van der Waals surface area contributed by atoms with Crippen LogP contribution in [-0.2, 0) is 14.3 Å². The molecule has 5 heteroatoms. The first-order valence-corrected chi connectivity index (χ1v) is 9.30. The van der Waals surface area contributed by atoms with Crippen LogP contribution in [0.3, 0.4) is 0 Å². The minimum absolute atomic E-state index is 0.103. The van der Waals surface area contributed by atoms with E-state index in [0.717, 1.165) is 51.9 Å². The van der Waals surface area contributed by atoms with Gasteiger partial charge in [0.1, 0.15) is 0 Å². The number of rotatable bonds is 10. The number of allylic oxidation sites excluding steroid dienone is 1. The van der Waals surface area contributed by atoms with Gasteiger partial charge in [-0.25, -0.2) is 0 Å². The Labute approximate surface area is 143 Å². The van der Waals surface area contributed by atoms with Crippen LogP contribution in [0.25, 0.3) is 0 Å². The number of hydrogen-bond acceptors (Lipinski definition) is 3. The number of amides is 1. The zero-order chi connectivity index (χ0) is 16.4. The number of ether oxygens (including phenoxy) is 2. The van der Waals surface area contributed by atoms with Crippen LogP contribution in [-0.4, -0.2) is 48.2 Å². The summed E-state index contributed by atoms with van der Waals surface area (Å²) in [5, 5.41) is 0. The maximum atomic E-state index is 12.4. The largest absolute Gasteiger partial charge is 0.352 e. The van der Waals surface area contributed by atoms with Gasteiger partial charge in [-0.05, 0) is 25.7 Å². The molecule has 1 fully saturated rings. The van der Waals surface area contributed by atoms with E-state index in [2.05, 4.69) is 29.4 Å². The molecule has 4 nitrogen and oxygen atoms in total. The van der Waals surface area contributed by atoms with Crippen molar-refractivity contribution in [1.29, 1.82) is 0 Å². The highest BCUT2D eigenvalue weighted by molar-refractivity contribution is 9.10. The van der Waals surface area contributed by atoms with E-state index in [1.165, 1.54) is 0 Å². The molecule has 0 saturated carbocycles. The summed E-state index contributed by atoms with van der Waals surface area (Å²) in [5.74, 6) is 0.669. The number of halogens is 1. The molecule has 0 aromatic rings. The summed E-state index contributed by atoms with van der Waals surface area (Å²) >= 11 is 3.46. The molecule has 1 unspecified atom stereocenters. The minimum Gasteiger partial charge on any atom is -0.352 e. The molecule has 0 radical (unpaired) electrons. The lowest BCUT2D eigenvalue weighted by molar-refractivity contribution is -0.204. The molecule has 1 saturated heterocycles. The number of carbonyl (C=O) groups is 1. The number of hydrogen-bond donors (Lipinski definition) is 0. The summed E-state index contributed by atoms with van der Waals surface area (Å²) in [6, 6.07) is 0. The van der Waals surface area contributed by atoms with Crippen molar-refractivity contribution in [2.45, 2.75) is 57.1 Å². The molecule has 1 aliphatic rings. The molecule has 128 valence electrons. The van der Waals surface area contributed by atoms with Gasteiger partial charge in [-0.3, -0.25) is 4.79 Å². The van der Waals surface area contributed by atoms with Gasteiger partial charge >= 0.3 is 0 Å². The van der Waals surface area contributed by atoms with E-state index in [1.54, 1.807) is 0 Å². The maximum absolute atomic E-state index is 12.4. The molecule has 0 N–H and O–H groups in total. The van der Waals surface area contributed by atoms with E-state index in [-0.39, 0.29) is 17.0 Å². The predicted octanol–water partition coefficient (Wildman–Crippen LogP) is 3.74. The third-order valence-electron chi connectivity index (χ3n) is 4.02. The molecule has 1 atom stereocenters. The van der Waals surface area contributed by atoms with Crippen molar-refractivity contribution in [2.75, 3.05) is 26.3 Å². The predicted molar refractivity (Wildman–Crippen MR) is 93.1 cm³/mol. The summed E-state index contributed by atoms with van der Waals surface area (Å²) in [4.78, 5) is 14.2. The lowest BCUT2D eigenvalue weighted by Crippen LogP contribution is -2.40. The number of unbranched alkanes of at least 4 members (excludes halogenated alkanes) is 1. The van der Waals surface area contributed by atoms with E-state index < -0.39 is 0 Å². The van der Waals surface area contributed by atoms with Crippen LogP contribution >= 0.6 is 15.9 Å². The van der Waals surface area contributed by atoms with Crippen LogP contribution in [0.2, 0.25) is 0 Å². The summed E-state index contributed by atoms with van der Waals surface area (Å²) in [5.41, 5.74) is 0. The normalized spacial score (nSPS) is 23.0. The van der Waals surface area contributed by atoms with Crippen molar-refractivity contribution < 1.29 is 14.3 Å². The lowest BCUT2D eigenvalue weighted by atomic mass is 10.1. The van der Waals surface area contributed by atoms with Crippen molar-refractivity contribution in [3.63, 3.8) is 0 Å². The van der Waals surface area contributed by atoms with Gasteiger partial charge in [0.2, 0.25) is 5.91 Å². The molecule has 0 aromatic carbocycles. The molecule has 0 spiro atoms. The minimum atomic E-state index is -0.173. The Bertz CT molecular complexity index is 330. The number of nitrogens with zero attached hydrogens (tertiary/aromatic N) is 1. The van der Waals surface area contributed by atoms with Gasteiger partial charge in [0.05, 0.1) is 18.0 Å². The van der Waals surface area contributed by atoms with Gasteiger partial charge in [-0.15, -0.1) is 6.58 Å². The van der Waals surface area contributed by atoms with E-state index in [4.69, 9.17) is 9.47 Å². The fourth-order valence-corrected chi connectivity index (χ4v) is 2.67. The maximum Gasteiger partial charge on any atom is 0.236 e. The molecule has 0 aromatic heterocycles. The van der Waals surface area contributed by atoms with Gasteiger partial charge in [0.25, 0.3) is 0 Å². The second-order valence-electron chi connectivity index (χ2n) is 5.79. The first-order valence-electron chi connectivity index (χ1n) is 8.39. The Balaban J connectivity index is 2.42. The molecule has 0 bridgehead atoms. The Kier molecular flexibility index (Phi) is 10.0. The molecule has 1 amide bonds. The van der Waals surface area contributed by atoms with Gasteiger partial charge in [-0.2, -0.15) is 0 Å². The van der Waals surface area contributed by atoms with Gasteiger partial charge < -0.3 is 14.4 Å². The van der Waals surface area contributed by atoms with Crippen LogP contribution < -0.4 is 0 Å². The zero-order valence-corrected chi connectivity index (χ0v) is 15.5. The first kappa shape index (κ1) is 19.7. The van der Waals surface area contributed by atoms with Gasteiger partial charge in [0, 0.05) is 25.4 Å². The molecule has 0 aliphatic carbocycles. The fourth-order valence-electron chi connectivity index (χ4n) is 2.38. The fraction of sp³-hybridized carbons (Fsp3) is 0.824. The monoisotopic (exact) mass is 375 g/mol. The van der Waals surface area contributed by atoms with E-state index >= 15 is 0 Å². The average Bonchev–Trinajstić information content (AvgIpc) is 2.57. The Morgan fingerprint density at radius 1 is 1.36 bits per heavy atom. The Hall–Kier alpha value is -0.390. The van der Waals surface area contributed by atoms with Crippen LogP contribution in [0.1, 0.15) is 46.0 Å². The zero-order valence-electron chi connectivity index (χ0n) is 13.9. The van der Waals surface area contributed by atoms with E-state index in [9.17, 15) is 4.79 Å². The van der Waals surface area contributed by atoms with E-state index in [1.807, 2.05) is 17.9 Å². The highest BCUT2D eigenvalue weighted by Gasteiger charge is 2.24. The van der Waals surface area contributed by atoms with Crippen molar-refractivity contribution >= 4 is 21.8 Å². The molecule has 1 heterocycles. The second kappa shape index (κ2) is 11.2. The molecular weight excluding hydrogens is 346 g/mol. The van der Waals surface area contributed by atoms with Gasteiger partial charge in [-0.1, -0.05) is 35.9 Å². The first-order chi connectivity index (χ1) is 10.6. The second-order valence-corrected chi connectivity index (χ2v) is 6.90.